The van der Waals surface area contributed by atoms with E-state index in [4.69, 9.17) is 0 Å². The van der Waals surface area contributed by atoms with Gasteiger partial charge in [-0.3, -0.25) is 0 Å². The molecule has 0 aliphatic rings. The highest BCUT2D eigenvalue weighted by Crippen LogP contribution is 2.29. The highest BCUT2D eigenvalue weighted by molar-refractivity contribution is 5.95. The normalized spacial score (nSPS) is 10.5. The summed E-state index contributed by atoms with van der Waals surface area (Å²) < 4.78 is 13.9. The van der Waals surface area contributed by atoms with Gasteiger partial charge in [-0.05, 0) is 23.6 Å². The van der Waals surface area contributed by atoms with Crippen molar-refractivity contribution in [3.8, 4) is 0 Å². The number of fused-ring (bicyclic) bond motifs is 1. The van der Waals surface area contributed by atoms with E-state index in [0.29, 0.717) is 5.69 Å². The molecule has 0 spiro atoms. The van der Waals surface area contributed by atoms with Crippen LogP contribution in [0.1, 0.15) is 0 Å². The molecule has 0 amide bonds. The van der Waals surface area contributed by atoms with E-state index >= 15 is 0 Å². The van der Waals surface area contributed by atoms with Crippen molar-refractivity contribution in [1.82, 2.24) is 0 Å². The van der Waals surface area contributed by atoms with Gasteiger partial charge in [-0.25, -0.2) is 4.39 Å². The van der Waals surface area contributed by atoms with Crippen LogP contribution in [-0.2, 0) is 0 Å². The summed E-state index contributed by atoms with van der Waals surface area (Å²) in [6.07, 6.45) is 0. The molecule has 0 unspecified atom stereocenters. The monoisotopic (exact) mass is 237 g/mol. The molecule has 0 aliphatic heterocycles. The lowest BCUT2D eigenvalue weighted by atomic mass is 10.1. The lowest BCUT2D eigenvalue weighted by molar-refractivity contribution is 0.633. The SMILES string of the molecule is Fc1ccc2ccccc2c1Nc1ccccc1. The molecule has 0 saturated carbocycles. The van der Waals surface area contributed by atoms with E-state index in [1.807, 2.05) is 54.6 Å². The van der Waals surface area contributed by atoms with Crippen LogP contribution in [0, 0.1) is 5.82 Å². The number of rotatable bonds is 2. The third-order valence-corrected chi connectivity index (χ3v) is 2.92. The van der Waals surface area contributed by atoms with Crippen LogP contribution in [-0.4, -0.2) is 0 Å². The lowest BCUT2D eigenvalue weighted by Crippen LogP contribution is -1.94. The van der Waals surface area contributed by atoms with Gasteiger partial charge in [-0.1, -0.05) is 48.5 Å². The Morgan fingerprint density at radius 1 is 0.722 bits per heavy atom. The summed E-state index contributed by atoms with van der Waals surface area (Å²) in [7, 11) is 0. The Balaban J connectivity index is 2.13. The second kappa shape index (κ2) is 4.49. The third kappa shape index (κ3) is 1.93. The summed E-state index contributed by atoms with van der Waals surface area (Å²) in [5.41, 5.74) is 1.41. The van der Waals surface area contributed by atoms with E-state index in [1.165, 1.54) is 6.07 Å². The van der Waals surface area contributed by atoms with E-state index in [-0.39, 0.29) is 5.82 Å². The fourth-order valence-corrected chi connectivity index (χ4v) is 2.04. The van der Waals surface area contributed by atoms with Gasteiger partial charge in [-0.2, -0.15) is 0 Å². The zero-order valence-corrected chi connectivity index (χ0v) is 9.73. The maximum Gasteiger partial charge on any atom is 0.147 e. The van der Waals surface area contributed by atoms with Gasteiger partial charge in [-0.15, -0.1) is 0 Å². The molecular formula is C16H12FN. The second-order valence-corrected chi connectivity index (χ2v) is 4.13. The van der Waals surface area contributed by atoms with Gasteiger partial charge in [0.25, 0.3) is 0 Å². The highest BCUT2D eigenvalue weighted by Gasteiger charge is 2.07. The third-order valence-electron chi connectivity index (χ3n) is 2.92. The standard InChI is InChI=1S/C16H12FN/c17-15-11-10-12-6-4-5-9-14(12)16(15)18-13-7-2-1-3-8-13/h1-11,18H. The number of halogens is 1. The molecule has 0 fully saturated rings. The molecule has 0 saturated heterocycles. The fraction of sp³-hybridized carbons (Fsp3) is 0. The maximum absolute atomic E-state index is 13.9. The minimum atomic E-state index is -0.238. The molecule has 0 heterocycles. The molecule has 2 heteroatoms. The van der Waals surface area contributed by atoms with Gasteiger partial charge in [0, 0.05) is 11.1 Å². The molecule has 1 N–H and O–H groups in total. The summed E-state index contributed by atoms with van der Waals surface area (Å²) in [4.78, 5) is 0. The van der Waals surface area contributed by atoms with Gasteiger partial charge in [0.05, 0.1) is 5.69 Å². The number of para-hydroxylation sites is 1. The zero-order valence-electron chi connectivity index (χ0n) is 9.73. The molecule has 3 aromatic carbocycles. The molecule has 0 atom stereocenters. The van der Waals surface area contributed by atoms with Crippen molar-refractivity contribution < 1.29 is 4.39 Å². The molecule has 88 valence electrons. The van der Waals surface area contributed by atoms with Gasteiger partial charge in [0.15, 0.2) is 0 Å². The van der Waals surface area contributed by atoms with Crippen LogP contribution in [0.5, 0.6) is 0 Å². The van der Waals surface area contributed by atoms with Crippen molar-refractivity contribution >= 4 is 22.1 Å². The van der Waals surface area contributed by atoms with Crippen LogP contribution in [0.3, 0.4) is 0 Å². The Hall–Kier alpha value is -2.35. The van der Waals surface area contributed by atoms with Crippen LogP contribution < -0.4 is 5.32 Å². The van der Waals surface area contributed by atoms with Gasteiger partial charge in [0.1, 0.15) is 5.82 Å². The summed E-state index contributed by atoms with van der Waals surface area (Å²) >= 11 is 0. The van der Waals surface area contributed by atoms with Crippen molar-refractivity contribution in [2.24, 2.45) is 0 Å². The molecule has 0 aliphatic carbocycles. The smallest absolute Gasteiger partial charge is 0.147 e. The molecule has 0 radical (unpaired) electrons. The van der Waals surface area contributed by atoms with Crippen molar-refractivity contribution in [2.75, 3.05) is 5.32 Å². The summed E-state index contributed by atoms with van der Waals surface area (Å²) in [6, 6.07) is 20.7. The van der Waals surface area contributed by atoms with Crippen LogP contribution in [0.2, 0.25) is 0 Å². The summed E-state index contributed by atoms with van der Waals surface area (Å²) in [5, 5.41) is 5.06. The first-order valence-corrected chi connectivity index (χ1v) is 5.84. The van der Waals surface area contributed by atoms with E-state index in [0.717, 1.165) is 16.5 Å². The predicted molar refractivity (Wildman–Crippen MR) is 73.6 cm³/mol. The molecule has 3 aromatic rings. The van der Waals surface area contributed by atoms with Crippen LogP contribution in [0.15, 0.2) is 66.7 Å². The van der Waals surface area contributed by atoms with Crippen LogP contribution in [0.4, 0.5) is 15.8 Å². The van der Waals surface area contributed by atoms with E-state index < -0.39 is 0 Å². The molecular weight excluding hydrogens is 225 g/mol. The van der Waals surface area contributed by atoms with Gasteiger partial charge >= 0.3 is 0 Å². The average molecular weight is 237 g/mol. The Morgan fingerprint density at radius 2 is 1.44 bits per heavy atom. The quantitative estimate of drug-likeness (QED) is 0.679. The first-order valence-electron chi connectivity index (χ1n) is 5.84. The van der Waals surface area contributed by atoms with E-state index in [2.05, 4.69) is 5.32 Å². The molecule has 0 aromatic heterocycles. The van der Waals surface area contributed by atoms with Crippen molar-refractivity contribution in [1.29, 1.82) is 0 Å². The molecule has 0 bridgehead atoms. The highest BCUT2D eigenvalue weighted by atomic mass is 19.1. The average Bonchev–Trinajstić information content (AvgIpc) is 2.43. The predicted octanol–water partition coefficient (Wildman–Crippen LogP) is 4.72. The van der Waals surface area contributed by atoms with E-state index in [9.17, 15) is 4.39 Å². The number of nitrogens with one attached hydrogen (secondary N) is 1. The van der Waals surface area contributed by atoms with Crippen molar-refractivity contribution in [2.45, 2.75) is 0 Å². The van der Waals surface area contributed by atoms with E-state index in [1.54, 1.807) is 6.07 Å². The molecule has 18 heavy (non-hydrogen) atoms. The second-order valence-electron chi connectivity index (χ2n) is 4.13. The minimum Gasteiger partial charge on any atom is -0.353 e. The largest absolute Gasteiger partial charge is 0.353 e. The maximum atomic E-state index is 13.9. The Kier molecular flexibility index (Phi) is 2.69. The topological polar surface area (TPSA) is 12.0 Å². The number of hydrogen-bond donors (Lipinski definition) is 1. The minimum absolute atomic E-state index is 0.238. The number of benzene rings is 3. The van der Waals surface area contributed by atoms with Crippen LogP contribution in [0.25, 0.3) is 10.8 Å². The molecule has 3 rings (SSSR count). The summed E-state index contributed by atoms with van der Waals surface area (Å²) in [5.74, 6) is -0.238. The first kappa shape index (κ1) is 10.8. The molecule has 1 nitrogen and oxygen atoms in total. The first-order chi connectivity index (χ1) is 8.84. The van der Waals surface area contributed by atoms with Crippen molar-refractivity contribution in [3.63, 3.8) is 0 Å². The summed E-state index contributed by atoms with van der Waals surface area (Å²) in [6.45, 7) is 0. The Morgan fingerprint density at radius 3 is 2.28 bits per heavy atom. The van der Waals surface area contributed by atoms with Crippen molar-refractivity contribution in [3.05, 3.63) is 72.5 Å². The zero-order chi connectivity index (χ0) is 12.4. The fourth-order valence-electron chi connectivity index (χ4n) is 2.04. The lowest BCUT2D eigenvalue weighted by Gasteiger charge is -2.10. The number of hydrogen-bond acceptors (Lipinski definition) is 1. The van der Waals surface area contributed by atoms with Gasteiger partial charge < -0.3 is 5.32 Å². The number of anilines is 2. The Bertz CT molecular complexity index is 677. The Labute approximate surface area is 105 Å². The van der Waals surface area contributed by atoms with Gasteiger partial charge in [0.2, 0.25) is 0 Å². The van der Waals surface area contributed by atoms with Crippen LogP contribution >= 0.6 is 0 Å².